The van der Waals surface area contributed by atoms with Gasteiger partial charge in [-0.2, -0.15) is 10.4 Å². The van der Waals surface area contributed by atoms with Gasteiger partial charge in [0.25, 0.3) is 0 Å². The number of rotatable bonds is 7. The van der Waals surface area contributed by atoms with E-state index in [4.69, 9.17) is 21.6 Å². The Kier molecular flexibility index (Phi) is 7.20. The lowest BCUT2D eigenvalue weighted by Crippen LogP contribution is -2.41. The van der Waals surface area contributed by atoms with E-state index in [1.807, 2.05) is 12.1 Å². The molecular weight excluding hydrogens is 509 g/mol. The lowest BCUT2D eigenvalue weighted by Gasteiger charge is -2.32. The minimum absolute atomic E-state index is 0.00432. The van der Waals surface area contributed by atoms with Crippen molar-refractivity contribution in [3.8, 4) is 22.9 Å². The van der Waals surface area contributed by atoms with E-state index in [-0.39, 0.29) is 23.6 Å². The molecule has 2 aromatic heterocycles. The number of nitrogens with zero attached hydrogens (tertiary/aromatic N) is 6. The van der Waals surface area contributed by atoms with Gasteiger partial charge < -0.3 is 15.0 Å². The number of amides is 1. The summed E-state index contributed by atoms with van der Waals surface area (Å²) in [6, 6.07) is 10.2. The standard InChI is InChI=1S/C27H23ClFN7O2/c1-2-26(37)35-8-5-19(6-9-35)38-25-13-21-24(12-20(25)17-14-33-36(15-17)10-7-30)31-16-32-27(21)34-18-3-4-23(29)22(28)11-18/h2-4,11-16,19H,1,5-6,8-10H2,(H,31,32,34). The predicted molar refractivity (Wildman–Crippen MR) is 141 cm³/mol. The van der Waals surface area contributed by atoms with E-state index in [1.165, 1.54) is 24.5 Å². The predicted octanol–water partition coefficient (Wildman–Crippen LogP) is 5.11. The monoisotopic (exact) mass is 531 g/mol. The number of nitrogens with one attached hydrogen (secondary N) is 1. The topological polar surface area (TPSA) is 109 Å². The van der Waals surface area contributed by atoms with Gasteiger partial charge in [0, 0.05) is 54.3 Å². The molecular formula is C27H23ClFN7O2. The number of ether oxygens (including phenoxy) is 1. The molecule has 5 rings (SSSR count). The van der Waals surface area contributed by atoms with Crippen LogP contribution in [0.5, 0.6) is 5.75 Å². The quantitative estimate of drug-likeness (QED) is 0.330. The van der Waals surface area contributed by atoms with E-state index in [1.54, 1.807) is 28.0 Å². The molecule has 0 bridgehead atoms. The van der Waals surface area contributed by atoms with Crippen LogP contribution in [0.15, 0.2) is 61.7 Å². The molecule has 3 heterocycles. The third-order valence-electron chi connectivity index (χ3n) is 6.32. The van der Waals surface area contributed by atoms with E-state index in [0.29, 0.717) is 54.1 Å². The average Bonchev–Trinajstić information content (AvgIpc) is 3.39. The van der Waals surface area contributed by atoms with Crippen LogP contribution in [0.1, 0.15) is 12.8 Å². The highest BCUT2D eigenvalue weighted by Crippen LogP contribution is 2.37. The number of halogens is 2. The highest BCUT2D eigenvalue weighted by Gasteiger charge is 2.24. The molecule has 1 fully saturated rings. The average molecular weight is 532 g/mol. The van der Waals surface area contributed by atoms with Crippen molar-refractivity contribution in [3.05, 3.63) is 72.5 Å². The third-order valence-corrected chi connectivity index (χ3v) is 6.61. The summed E-state index contributed by atoms with van der Waals surface area (Å²) in [7, 11) is 0. The number of carbonyl (C=O) groups excluding carboxylic acids is 1. The molecule has 4 aromatic rings. The van der Waals surface area contributed by atoms with Crippen LogP contribution >= 0.6 is 11.6 Å². The maximum Gasteiger partial charge on any atom is 0.245 e. The molecule has 192 valence electrons. The van der Waals surface area contributed by atoms with E-state index in [0.717, 1.165) is 11.1 Å². The fraction of sp³-hybridized carbons (Fsp3) is 0.222. The van der Waals surface area contributed by atoms with Gasteiger partial charge >= 0.3 is 0 Å². The second-order valence-electron chi connectivity index (χ2n) is 8.77. The summed E-state index contributed by atoms with van der Waals surface area (Å²) in [5.74, 6) is 0.495. The zero-order chi connectivity index (χ0) is 26.6. The van der Waals surface area contributed by atoms with Gasteiger partial charge in [-0.1, -0.05) is 18.2 Å². The van der Waals surface area contributed by atoms with E-state index in [2.05, 4.69) is 33.0 Å². The van der Waals surface area contributed by atoms with Gasteiger partial charge in [-0.15, -0.1) is 0 Å². The van der Waals surface area contributed by atoms with Gasteiger partial charge in [0.05, 0.1) is 22.8 Å². The normalized spacial score (nSPS) is 13.8. The Balaban J connectivity index is 1.52. The minimum atomic E-state index is -0.511. The Hall–Kier alpha value is -4.49. The van der Waals surface area contributed by atoms with Gasteiger partial charge in [0.15, 0.2) is 0 Å². The minimum Gasteiger partial charge on any atom is -0.490 e. The number of hydrogen-bond donors (Lipinski definition) is 1. The molecule has 0 radical (unpaired) electrons. The maximum absolute atomic E-state index is 13.7. The molecule has 0 spiro atoms. The molecule has 1 aliphatic rings. The first-order valence-corrected chi connectivity index (χ1v) is 12.3. The van der Waals surface area contributed by atoms with Gasteiger partial charge in [0.2, 0.25) is 5.91 Å². The Morgan fingerprint density at radius 2 is 2.11 bits per heavy atom. The van der Waals surface area contributed by atoms with Crippen molar-refractivity contribution >= 4 is 39.9 Å². The van der Waals surface area contributed by atoms with Crippen LogP contribution in [0.2, 0.25) is 5.02 Å². The highest BCUT2D eigenvalue weighted by atomic mass is 35.5. The molecule has 11 heteroatoms. The zero-order valence-electron chi connectivity index (χ0n) is 20.3. The molecule has 1 aliphatic heterocycles. The molecule has 38 heavy (non-hydrogen) atoms. The number of nitriles is 1. The molecule has 2 aromatic carbocycles. The first-order chi connectivity index (χ1) is 18.4. The number of anilines is 2. The summed E-state index contributed by atoms with van der Waals surface area (Å²) in [5.41, 5.74) is 2.76. The van der Waals surface area contributed by atoms with E-state index < -0.39 is 5.82 Å². The van der Waals surface area contributed by atoms with Crippen molar-refractivity contribution in [3.63, 3.8) is 0 Å². The SMILES string of the molecule is C=CC(=O)N1CCC(Oc2cc3c(Nc4ccc(F)c(Cl)c4)ncnc3cc2-c2cnn(CC#N)c2)CC1. The smallest absolute Gasteiger partial charge is 0.245 e. The van der Waals surface area contributed by atoms with Crippen molar-refractivity contribution in [2.75, 3.05) is 18.4 Å². The Bertz CT molecular complexity index is 1560. The van der Waals surface area contributed by atoms with Crippen molar-refractivity contribution in [1.82, 2.24) is 24.6 Å². The Morgan fingerprint density at radius 1 is 1.29 bits per heavy atom. The zero-order valence-corrected chi connectivity index (χ0v) is 21.0. The first kappa shape index (κ1) is 25.2. The summed E-state index contributed by atoms with van der Waals surface area (Å²) in [6.45, 7) is 4.82. The number of aromatic nitrogens is 4. The number of likely N-dealkylation sites (tertiary alicyclic amines) is 1. The van der Waals surface area contributed by atoms with Crippen LogP contribution in [0, 0.1) is 17.1 Å². The molecule has 0 unspecified atom stereocenters. The second kappa shape index (κ2) is 10.9. The molecule has 0 saturated carbocycles. The Morgan fingerprint density at radius 3 is 2.84 bits per heavy atom. The summed E-state index contributed by atoms with van der Waals surface area (Å²) in [6.07, 6.45) is 7.42. The molecule has 1 saturated heterocycles. The van der Waals surface area contributed by atoms with Gasteiger partial charge in [-0.25, -0.2) is 14.4 Å². The van der Waals surface area contributed by atoms with Crippen LogP contribution in [0.3, 0.4) is 0 Å². The summed E-state index contributed by atoms with van der Waals surface area (Å²) < 4.78 is 21.7. The summed E-state index contributed by atoms with van der Waals surface area (Å²) in [5, 5.41) is 17.2. The third kappa shape index (κ3) is 5.28. The van der Waals surface area contributed by atoms with Crippen LogP contribution in [-0.2, 0) is 11.3 Å². The lowest BCUT2D eigenvalue weighted by atomic mass is 10.0. The largest absolute Gasteiger partial charge is 0.490 e. The molecule has 9 nitrogen and oxygen atoms in total. The fourth-order valence-electron chi connectivity index (χ4n) is 4.38. The van der Waals surface area contributed by atoms with Crippen LogP contribution in [0.25, 0.3) is 22.0 Å². The van der Waals surface area contributed by atoms with Gasteiger partial charge in [-0.3, -0.25) is 9.48 Å². The van der Waals surface area contributed by atoms with Crippen LogP contribution in [0.4, 0.5) is 15.9 Å². The number of fused-ring (bicyclic) bond motifs is 1. The number of carbonyl (C=O) groups is 1. The maximum atomic E-state index is 13.7. The van der Waals surface area contributed by atoms with Crippen molar-refractivity contribution < 1.29 is 13.9 Å². The molecule has 1 N–H and O–H groups in total. The van der Waals surface area contributed by atoms with E-state index in [9.17, 15) is 9.18 Å². The number of piperidine rings is 1. The van der Waals surface area contributed by atoms with Crippen molar-refractivity contribution in [1.29, 1.82) is 5.26 Å². The van der Waals surface area contributed by atoms with Crippen LogP contribution < -0.4 is 10.1 Å². The molecule has 0 aliphatic carbocycles. The number of benzene rings is 2. The first-order valence-electron chi connectivity index (χ1n) is 11.9. The lowest BCUT2D eigenvalue weighted by molar-refractivity contribution is -0.127. The molecule has 1 amide bonds. The van der Waals surface area contributed by atoms with E-state index >= 15 is 0 Å². The Labute approximate surface area is 223 Å². The second-order valence-corrected chi connectivity index (χ2v) is 9.18. The van der Waals surface area contributed by atoms with Crippen LogP contribution in [-0.4, -0.2) is 49.7 Å². The fourth-order valence-corrected chi connectivity index (χ4v) is 4.56. The van der Waals surface area contributed by atoms with Crippen molar-refractivity contribution in [2.45, 2.75) is 25.5 Å². The van der Waals surface area contributed by atoms with Gasteiger partial charge in [0.1, 0.15) is 36.4 Å². The number of hydrogen-bond acceptors (Lipinski definition) is 7. The van der Waals surface area contributed by atoms with Crippen molar-refractivity contribution in [2.24, 2.45) is 0 Å². The highest BCUT2D eigenvalue weighted by molar-refractivity contribution is 6.31. The van der Waals surface area contributed by atoms with Gasteiger partial charge in [-0.05, 0) is 36.4 Å². The summed E-state index contributed by atoms with van der Waals surface area (Å²) in [4.78, 5) is 22.6. The molecule has 0 atom stereocenters. The summed E-state index contributed by atoms with van der Waals surface area (Å²) >= 11 is 5.96.